The second-order valence-electron chi connectivity index (χ2n) is 6.22. The number of hydrogen-bond acceptors (Lipinski definition) is 6. The third-order valence-electron chi connectivity index (χ3n) is 4.57. The molecule has 3 rings (SSSR count). The predicted octanol–water partition coefficient (Wildman–Crippen LogP) is 1.18. The lowest BCUT2D eigenvalue weighted by molar-refractivity contribution is 0.100. The molecular formula is C19H20N4O4. The predicted molar refractivity (Wildman–Crippen MR) is 102 cm³/mol. The van der Waals surface area contributed by atoms with Crippen molar-refractivity contribution in [3.63, 3.8) is 0 Å². The van der Waals surface area contributed by atoms with Crippen LogP contribution in [0, 0.1) is 13.8 Å². The number of benzene rings is 1. The molecule has 0 fully saturated rings. The Labute approximate surface area is 155 Å². The maximum absolute atomic E-state index is 13.3. The average Bonchev–Trinajstić information content (AvgIpc) is 2.64. The largest absolute Gasteiger partial charge is 0.496 e. The number of primary amides is 1. The minimum Gasteiger partial charge on any atom is -0.496 e. The molecule has 8 heteroatoms. The molecule has 0 spiro atoms. The van der Waals surface area contributed by atoms with Gasteiger partial charge in [-0.3, -0.25) is 19.1 Å². The molecule has 1 amide bonds. The van der Waals surface area contributed by atoms with Crippen LogP contribution >= 0.6 is 0 Å². The topological polar surface area (TPSA) is 133 Å². The number of nitrogens with zero attached hydrogens (tertiary/aromatic N) is 2. The van der Waals surface area contributed by atoms with Gasteiger partial charge in [0.1, 0.15) is 17.1 Å². The van der Waals surface area contributed by atoms with Gasteiger partial charge in [-0.1, -0.05) is 6.07 Å². The fraction of sp³-hybridized carbons (Fsp3) is 0.211. The zero-order chi connectivity index (χ0) is 19.9. The Morgan fingerprint density at radius 3 is 2.63 bits per heavy atom. The number of carbonyl (C=O) groups excluding carboxylic acids is 1. The molecule has 0 bridgehead atoms. The monoisotopic (exact) mass is 368 g/mol. The molecule has 3 aromatic rings. The number of nitrogen functional groups attached to an aromatic ring is 1. The number of hydrogen-bond donors (Lipinski definition) is 3. The molecule has 140 valence electrons. The number of ether oxygens (including phenoxy) is 1. The summed E-state index contributed by atoms with van der Waals surface area (Å²) in [5.41, 5.74) is 13.7. The summed E-state index contributed by atoms with van der Waals surface area (Å²) in [5.74, 6) is -0.317. The Bertz CT molecular complexity index is 1130. The van der Waals surface area contributed by atoms with Crippen LogP contribution in [0.25, 0.3) is 16.6 Å². The van der Waals surface area contributed by atoms with Gasteiger partial charge in [0.15, 0.2) is 0 Å². The number of nitrogens with two attached hydrogens (primary N) is 2. The molecule has 8 nitrogen and oxygen atoms in total. The Kier molecular flexibility index (Phi) is 4.59. The van der Waals surface area contributed by atoms with Crippen molar-refractivity contribution >= 4 is 22.6 Å². The zero-order valence-corrected chi connectivity index (χ0v) is 15.2. The summed E-state index contributed by atoms with van der Waals surface area (Å²) in [4.78, 5) is 29.5. The van der Waals surface area contributed by atoms with Crippen LogP contribution in [0.15, 0.2) is 29.2 Å². The fourth-order valence-electron chi connectivity index (χ4n) is 3.27. The molecular weight excluding hydrogens is 348 g/mol. The molecule has 2 aromatic heterocycles. The van der Waals surface area contributed by atoms with Crippen LogP contribution in [-0.4, -0.2) is 27.7 Å². The summed E-state index contributed by atoms with van der Waals surface area (Å²) in [7, 11) is 1.53. The molecule has 0 unspecified atom stereocenters. The molecule has 0 saturated heterocycles. The zero-order valence-electron chi connectivity index (χ0n) is 15.2. The van der Waals surface area contributed by atoms with Crippen molar-refractivity contribution in [2.75, 3.05) is 12.8 Å². The number of methoxy groups -OCH3 is 1. The van der Waals surface area contributed by atoms with Crippen LogP contribution < -0.4 is 21.8 Å². The van der Waals surface area contributed by atoms with E-state index in [0.717, 1.165) is 5.56 Å². The Balaban J connectivity index is 2.56. The number of aliphatic hydroxyl groups is 1. The highest BCUT2D eigenvalue weighted by atomic mass is 16.5. The van der Waals surface area contributed by atoms with Crippen molar-refractivity contribution in [3.8, 4) is 11.4 Å². The first-order chi connectivity index (χ1) is 12.8. The first kappa shape index (κ1) is 18.4. The van der Waals surface area contributed by atoms with Gasteiger partial charge in [-0.25, -0.2) is 0 Å². The molecule has 0 aliphatic carbocycles. The third-order valence-corrected chi connectivity index (χ3v) is 4.57. The van der Waals surface area contributed by atoms with Gasteiger partial charge in [0.2, 0.25) is 0 Å². The first-order valence-electron chi connectivity index (χ1n) is 8.20. The number of carbonyl (C=O) groups is 1. The van der Waals surface area contributed by atoms with Crippen molar-refractivity contribution in [2.24, 2.45) is 5.73 Å². The Morgan fingerprint density at radius 1 is 1.33 bits per heavy atom. The van der Waals surface area contributed by atoms with E-state index in [2.05, 4.69) is 4.98 Å². The highest BCUT2D eigenvalue weighted by Gasteiger charge is 2.23. The van der Waals surface area contributed by atoms with Gasteiger partial charge >= 0.3 is 0 Å². The molecule has 5 N–H and O–H groups in total. The molecule has 0 radical (unpaired) electrons. The average molecular weight is 368 g/mol. The van der Waals surface area contributed by atoms with Crippen LogP contribution in [0.1, 0.15) is 27.0 Å². The van der Waals surface area contributed by atoms with E-state index in [0.29, 0.717) is 22.6 Å². The van der Waals surface area contributed by atoms with Crippen molar-refractivity contribution in [1.29, 1.82) is 0 Å². The molecule has 1 aromatic carbocycles. The quantitative estimate of drug-likeness (QED) is 0.633. The second kappa shape index (κ2) is 6.73. The second-order valence-corrected chi connectivity index (χ2v) is 6.22. The SMILES string of the molecule is COc1ccc(C)c(-n2c(N)c(C(N)=O)c3ncc(CO)cc3c2=O)c1C. The molecule has 2 heterocycles. The fourth-order valence-corrected chi connectivity index (χ4v) is 3.27. The first-order valence-corrected chi connectivity index (χ1v) is 8.20. The van der Waals surface area contributed by atoms with Crippen LogP contribution in [0.4, 0.5) is 5.82 Å². The van der Waals surface area contributed by atoms with Crippen LogP contribution in [0.3, 0.4) is 0 Å². The number of pyridine rings is 2. The lowest BCUT2D eigenvalue weighted by Crippen LogP contribution is -2.28. The third kappa shape index (κ3) is 2.80. The van der Waals surface area contributed by atoms with E-state index in [1.165, 1.54) is 23.9 Å². The van der Waals surface area contributed by atoms with E-state index < -0.39 is 11.5 Å². The molecule has 27 heavy (non-hydrogen) atoms. The number of amides is 1. The maximum atomic E-state index is 13.3. The van der Waals surface area contributed by atoms with Gasteiger partial charge in [0.25, 0.3) is 11.5 Å². The number of anilines is 1. The molecule has 0 aliphatic rings. The van der Waals surface area contributed by atoms with Gasteiger partial charge in [-0.15, -0.1) is 0 Å². The molecule has 0 saturated carbocycles. The summed E-state index contributed by atoms with van der Waals surface area (Å²) < 4.78 is 6.60. The highest BCUT2D eigenvalue weighted by Crippen LogP contribution is 2.30. The number of fused-ring (bicyclic) bond motifs is 1. The van der Waals surface area contributed by atoms with Crippen molar-refractivity contribution < 1.29 is 14.6 Å². The number of aliphatic hydroxyl groups excluding tert-OH is 1. The lowest BCUT2D eigenvalue weighted by atomic mass is 10.0. The van der Waals surface area contributed by atoms with E-state index in [9.17, 15) is 14.7 Å². The maximum Gasteiger partial charge on any atom is 0.266 e. The summed E-state index contributed by atoms with van der Waals surface area (Å²) in [6.07, 6.45) is 1.38. The van der Waals surface area contributed by atoms with Gasteiger partial charge in [0.05, 0.1) is 30.3 Å². The Hall–Kier alpha value is -3.39. The van der Waals surface area contributed by atoms with Crippen LogP contribution in [0.5, 0.6) is 5.75 Å². The lowest BCUT2D eigenvalue weighted by Gasteiger charge is -2.20. The Morgan fingerprint density at radius 2 is 2.04 bits per heavy atom. The van der Waals surface area contributed by atoms with Crippen LogP contribution in [0.2, 0.25) is 0 Å². The van der Waals surface area contributed by atoms with E-state index in [1.54, 1.807) is 19.1 Å². The summed E-state index contributed by atoms with van der Waals surface area (Å²) in [6, 6.07) is 5.07. The number of aromatic nitrogens is 2. The number of aryl methyl sites for hydroxylation is 1. The minimum absolute atomic E-state index is 0.0456. The molecule has 0 aliphatic heterocycles. The summed E-state index contributed by atoms with van der Waals surface area (Å²) >= 11 is 0. The van der Waals surface area contributed by atoms with E-state index in [-0.39, 0.29) is 28.9 Å². The molecule has 0 atom stereocenters. The van der Waals surface area contributed by atoms with Gasteiger partial charge in [0, 0.05) is 11.8 Å². The summed E-state index contributed by atoms with van der Waals surface area (Å²) in [5, 5.41) is 9.53. The van der Waals surface area contributed by atoms with Crippen LogP contribution in [-0.2, 0) is 6.61 Å². The van der Waals surface area contributed by atoms with Gasteiger partial charge in [-0.2, -0.15) is 0 Å². The highest BCUT2D eigenvalue weighted by molar-refractivity contribution is 6.08. The number of rotatable bonds is 4. The smallest absolute Gasteiger partial charge is 0.266 e. The van der Waals surface area contributed by atoms with Gasteiger partial charge < -0.3 is 21.3 Å². The van der Waals surface area contributed by atoms with Crippen molar-refractivity contribution in [3.05, 3.63) is 57.0 Å². The van der Waals surface area contributed by atoms with Crippen molar-refractivity contribution in [1.82, 2.24) is 9.55 Å². The van der Waals surface area contributed by atoms with E-state index in [1.807, 2.05) is 6.92 Å². The van der Waals surface area contributed by atoms with E-state index in [4.69, 9.17) is 16.2 Å². The van der Waals surface area contributed by atoms with Gasteiger partial charge in [-0.05, 0) is 37.1 Å². The normalized spacial score (nSPS) is 11.0. The van der Waals surface area contributed by atoms with Crippen molar-refractivity contribution in [2.45, 2.75) is 20.5 Å². The minimum atomic E-state index is -0.797. The summed E-state index contributed by atoms with van der Waals surface area (Å²) in [6.45, 7) is 3.32. The standard InChI is InChI=1S/C19H20N4O4/c1-9-4-5-13(27-3)10(2)16(9)23-17(20)14(18(21)25)15-12(19(23)26)6-11(8-24)7-22-15/h4-7,24H,8,20H2,1-3H3,(H2,21,25). The van der Waals surface area contributed by atoms with E-state index >= 15 is 0 Å².